The Morgan fingerprint density at radius 2 is 2.06 bits per heavy atom. The van der Waals surface area contributed by atoms with Gasteiger partial charge in [-0.1, -0.05) is 6.42 Å². The van der Waals surface area contributed by atoms with E-state index in [0.717, 1.165) is 23.5 Å². The van der Waals surface area contributed by atoms with E-state index in [2.05, 4.69) is 36.1 Å². The highest BCUT2D eigenvalue weighted by molar-refractivity contribution is 9.10. The third-order valence-electron chi connectivity index (χ3n) is 2.82. The van der Waals surface area contributed by atoms with Gasteiger partial charge in [0.2, 0.25) is 0 Å². The zero-order valence-electron chi connectivity index (χ0n) is 9.32. The molecule has 0 amide bonds. The first-order valence-corrected chi connectivity index (χ1v) is 6.58. The maximum Gasteiger partial charge on any atom is 0.130 e. The number of rotatable bonds is 4. The molecule has 1 N–H and O–H groups in total. The lowest BCUT2D eigenvalue weighted by molar-refractivity contribution is 0.237. The number of hydrogen-bond acceptors (Lipinski definition) is 4. The lowest BCUT2D eigenvalue weighted by Gasteiger charge is -2.26. The molecule has 0 aromatic carbocycles. The molecule has 4 nitrogen and oxygen atoms in total. The summed E-state index contributed by atoms with van der Waals surface area (Å²) in [5, 5.41) is 3.31. The third kappa shape index (κ3) is 3.72. The average molecular weight is 285 g/mol. The van der Waals surface area contributed by atoms with Crippen LogP contribution in [0.3, 0.4) is 0 Å². The predicted octanol–water partition coefficient (Wildman–Crippen LogP) is 2.14. The lowest BCUT2D eigenvalue weighted by atomic mass is 10.1. The highest BCUT2D eigenvalue weighted by Crippen LogP contribution is 2.10. The van der Waals surface area contributed by atoms with Crippen LogP contribution in [-0.2, 0) is 0 Å². The van der Waals surface area contributed by atoms with E-state index in [0.29, 0.717) is 0 Å². The van der Waals surface area contributed by atoms with Crippen LogP contribution in [0.25, 0.3) is 0 Å². The zero-order valence-corrected chi connectivity index (χ0v) is 10.9. The molecule has 88 valence electrons. The molecule has 0 spiro atoms. The van der Waals surface area contributed by atoms with E-state index in [1.54, 1.807) is 6.33 Å². The fourth-order valence-corrected chi connectivity index (χ4v) is 2.26. The molecule has 0 bridgehead atoms. The minimum Gasteiger partial charge on any atom is -0.369 e. The van der Waals surface area contributed by atoms with Crippen molar-refractivity contribution in [2.75, 3.05) is 31.5 Å². The highest BCUT2D eigenvalue weighted by Gasteiger charge is 2.08. The van der Waals surface area contributed by atoms with Crippen LogP contribution < -0.4 is 5.32 Å². The number of nitrogens with zero attached hydrogens (tertiary/aromatic N) is 3. The van der Waals surface area contributed by atoms with Crippen LogP contribution in [0.4, 0.5) is 5.82 Å². The quantitative estimate of drug-likeness (QED) is 0.861. The molecule has 1 saturated heterocycles. The van der Waals surface area contributed by atoms with Crippen LogP contribution in [0.15, 0.2) is 17.0 Å². The summed E-state index contributed by atoms with van der Waals surface area (Å²) in [6.07, 6.45) is 5.65. The Morgan fingerprint density at radius 1 is 1.25 bits per heavy atom. The van der Waals surface area contributed by atoms with Gasteiger partial charge in [-0.05, 0) is 41.9 Å². The molecule has 0 atom stereocenters. The van der Waals surface area contributed by atoms with Gasteiger partial charge in [0.1, 0.15) is 16.7 Å². The molecule has 1 aliphatic rings. The molecule has 1 aromatic heterocycles. The van der Waals surface area contributed by atoms with Gasteiger partial charge in [-0.15, -0.1) is 0 Å². The van der Waals surface area contributed by atoms with Crippen molar-refractivity contribution < 1.29 is 0 Å². The first kappa shape index (κ1) is 11.8. The predicted molar refractivity (Wildman–Crippen MR) is 68.5 cm³/mol. The molecular weight excluding hydrogens is 268 g/mol. The summed E-state index contributed by atoms with van der Waals surface area (Å²) in [5.41, 5.74) is 0. The summed E-state index contributed by atoms with van der Waals surface area (Å²) < 4.78 is 0.822. The molecule has 5 heteroatoms. The minimum atomic E-state index is 0.822. The normalized spacial score (nSPS) is 17.3. The molecule has 2 heterocycles. The minimum absolute atomic E-state index is 0.822. The molecule has 2 rings (SSSR count). The second kappa shape index (κ2) is 6.15. The van der Waals surface area contributed by atoms with Crippen LogP contribution in [0, 0.1) is 0 Å². The van der Waals surface area contributed by atoms with Crippen LogP contribution >= 0.6 is 15.9 Å². The molecule has 1 fully saturated rings. The Labute approximate surface area is 105 Å². The van der Waals surface area contributed by atoms with Crippen molar-refractivity contribution in [3.05, 3.63) is 17.0 Å². The number of anilines is 1. The van der Waals surface area contributed by atoms with Gasteiger partial charge in [-0.3, -0.25) is 0 Å². The largest absolute Gasteiger partial charge is 0.369 e. The molecule has 16 heavy (non-hydrogen) atoms. The summed E-state index contributed by atoms with van der Waals surface area (Å²) in [5.74, 6) is 0.888. The Bertz CT molecular complexity index is 326. The maximum absolute atomic E-state index is 4.15. The summed E-state index contributed by atoms with van der Waals surface area (Å²) in [6.45, 7) is 4.54. The molecule has 1 aromatic rings. The standard InChI is InChI=1S/C11H17BrN4/c12-10-8-11(15-9-14-10)13-4-7-16-5-2-1-3-6-16/h8-9H,1-7H2,(H,13,14,15). The van der Waals surface area contributed by atoms with E-state index in [1.165, 1.54) is 32.4 Å². The van der Waals surface area contributed by atoms with Crippen molar-refractivity contribution in [1.82, 2.24) is 14.9 Å². The summed E-state index contributed by atoms with van der Waals surface area (Å²) >= 11 is 3.33. The summed E-state index contributed by atoms with van der Waals surface area (Å²) in [4.78, 5) is 10.7. The Hall–Kier alpha value is -0.680. The summed E-state index contributed by atoms with van der Waals surface area (Å²) in [7, 11) is 0. The van der Waals surface area contributed by atoms with E-state index < -0.39 is 0 Å². The molecule has 0 aliphatic carbocycles. The van der Waals surface area contributed by atoms with Gasteiger partial charge in [0, 0.05) is 19.2 Å². The van der Waals surface area contributed by atoms with Gasteiger partial charge in [-0.2, -0.15) is 0 Å². The van der Waals surface area contributed by atoms with Gasteiger partial charge < -0.3 is 10.2 Å². The van der Waals surface area contributed by atoms with Gasteiger partial charge in [0.15, 0.2) is 0 Å². The molecule has 0 saturated carbocycles. The number of aromatic nitrogens is 2. The van der Waals surface area contributed by atoms with Crippen molar-refractivity contribution in [2.45, 2.75) is 19.3 Å². The number of nitrogens with one attached hydrogen (secondary N) is 1. The maximum atomic E-state index is 4.15. The lowest BCUT2D eigenvalue weighted by Crippen LogP contribution is -2.33. The first-order valence-electron chi connectivity index (χ1n) is 5.78. The number of hydrogen-bond donors (Lipinski definition) is 1. The Morgan fingerprint density at radius 3 is 2.81 bits per heavy atom. The first-order chi connectivity index (χ1) is 7.84. The molecule has 0 unspecified atom stereocenters. The van der Waals surface area contributed by atoms with E-state index >= 15 is 0 Å². The van der Waals surface area contributed by atoms with Gasteiger partial charge in [-0.25, -0.2) is 9.97 Å². The number of likely N-dealkylation sites (tertiary alicyclic amines) is 1. The number of piperidine rings is 1. The Kier molecular flexibility index (Phi) is 4.54. The van der Waals surface area contributed by atoms with Crippen LogP contribution in [0.2, 0.25) is 0 Å². The second-order valence-corrected chi connectivity index (χ2v) is 4.87. The monoisotopic (exact) mass is 284 g/mol. The fraction of sp³-hybridized carbons (Fsp3) is 0.636. The Balaban J connectivity index is 1.71. The average Bonchev–Trinajstić information content (AvgIpc) is 2.30. The fourth-order valence-electron chi connectivity index (χ4n) is 1.96. The van der Waals surface area contributed by atoms with Crippen molar-refractivity contribution in [3.8, 4) is 0 Å². The van der Waals surface area contributed by atoms with Crippen molar-refractivity contribution in [3.63, 3.8) is 0 Å². The summed E-state index contributed by atoms with van der Waals surface area (Å²) in [6, 6.07) is 1.90. The van der Waals surface area contributed by atoms with Crippen molar-refractivity contribution in [1.29, 1.82) is 0 Å². The van der Waals surface area contributed by atoms with E-state index in [1.807, 2.05) is 6.07 Å². The van der Waals surface area contributed by atoms with E-state index in [9.17, 15) is 0 Å². The molecular formula is C11H17BrN4. The van der Waals surface area contributed by atoms with Crippen LogP contribution in [-0.4, -0.2) is 41.0 Å². The highest BCUT2D eigenvalue weighted by atomic mass is 79.9. The van der Waals surface area contributed by atoms with E-state index in [4.69, 9.17) is 0 Å². The zero-order chi connectivity index (χ0) is 11.2. The van der Waals surface area contributed by atoms with Crippen LogP contribution in [0.5, 0.6) is 0 Å². The smallest absolute Gasteiger partial charge is 0.130 e. The molecule has 0 radical (unpaired) electrons. The topological polar surface area (TPSA) is 41.0 Å². The molecule has 1 aliphatic heterocycles. The second-order valence-electron chi connectivity index (χ2n) is 4.06. The van der Waals surface area contributed by atoms with Crippen molar-refractivity contribution >= 4 is 21.7 Å². The van der Waals surface area contributed by atoms with Gasteiger partial charge >= 0.3 is 0 Å². The van der Waals surface area contributed by atoms with Crippen molar-refractivity contribution in [2.24, 2.45) is 0 Å². The van der Waals surface area contributed by atoms with Gasteiger partial charge in [0.05, 0.1) is 0 Å². The van der Waals surface area contributed by atoms with Gasteiger partial charge in [0.25, 0.3) is 0 Å². The van der Waals surface area contributed by atoms with E-state index in [-0.39, 0.29) is 0 Å². The van der Waals surface area contributed by atoms with Crippen LogP contribution in [0.1, 0.15) is 19.3 Å². The third-order valence-corrected chi connectivity index (χ3v) is 3.25. The SMILES string of the molecule is Brc1cc(NCCN2CCCCC2)ncn1. The number of halogens is 1.